The molecule has 1 spiro atoms. The average molecular weight is 369 g/mol. The summed E-state index contributed by atoms with van der Waals surface area (Å²) >= 11 is 0. The topological polar surface area (TPSA) is 49.7 Å². The minimum absolute atomic E-state index is 0.0191. The maximum Gasteiger partial charge on any atom is 0.205 e. The third kappa shape index (κ3) is 3.21. The molecule has 0 heterocycles. The smallest absolute Gasteiger partial charge is 0.205 e. The van der Waals surface area contributed by atoms with Crippen LogP contribution in [-0.2, 0) is 11.2 Å². The molecule has 0 amide bonds. The van der Waals surface area contributed by atoms with Crippen LogP contribution in [0.15, 0.2) is 47.5 Å². The third-order valence-corrected chi connectivity index (χ3v) is 6.43. The Kier molecular flexibility index (Phi) is 4.99. The number of aliphatic imine (C=N–C) groups is 1. The molecule has 1 fully saturated rings. The molecule has 0 saturated heterocycles. The highest BCUT2D eigenvalue weighted by molar-refractivity contribution is 6.08. The molecule has 2 aliphatic rings. The molecule has 0 bridgehead atoms. The fourth-order valence-corrected chi connectivity index (χ4v) is 4.82. The van der Waals surface area contributed by atoms with E-state index in [-0.39, 0.29) is 5.41 Å². The van der Waals surface area contributed by atoms with E-state index in [0.29, 0.717) is 11.8 Å². The standard InChI is InChI=1S/C24H23N3O/c1-26-20-5-3-4-18(14-20)19-7-6-17-8-11-24(12-9-21(28-2)10-13-24)23(27-16-25)22(17)15-19/h3-7,14-15,21H,8-13H2,2H3. The predicted octanol–water partition coefficient (Wildman–Crippen LogP) is 5.70. The maximum absolute atomic E-state index is 9.42. The summed E-state index contributed by atoms with van der Waals surface area (Å²) in [7, 11) is 1.78. The van der Waals surface area contributed by atoms with Crippen molar-refractivity contribution in [2.24, 2.45) is 10.4 Å². The Morgan fingerprint density at radius 3 is 2.64 bits per heavy atom. The van der Waals surface area contributed by atoms with Crippen molar-refractivity contribution in [1.82, 2.24) is 0 Å². The summed E-state index contributed by atoms with van der Waals surface area (Å²) in [5.41, 5.74) is 6.03. The van der Waals surface area contributed by atoms with Crippen LogP contribution in [0, 0.1) is 23.4 Å². The van der Waals surface area contributed by atoms with Gasteiger partial charge in [0.2, 0.25) is 6.19 Å². The summed E-state index contributed by atoms with van der Waals surface area (Å²) in [5, 5.41) is 9.42. The molecule has 0 radical (unpaired) electrons. The molecule has 28 heavy (non-hydrogen) atoms. The van der Waals surface area contributed by atoms with Gasteiger partial charge in [-0.3, -0.25) is 0 Å². The zero-order valence-corrected chi connectivity index (χ0v) is 16.1. The number of benzene rings is 2. The van der Waals surface area contributed by atoms with E-state index >= 15 is 0 Å². The Hall–Kier alpha value is -2.95. The molecule has 0 aliphatic heterocycles. The first kappa shape index (κ1) is 18.4. The van der Waals surface area contributed by atoms with Crippen LogP contribution in [0.2, 0.25) is 0 Å². The summed E-state index contributed by atoms with van der Waals surface area (Å²) < 4.78 is 5.56. The van der Waals surface area contributed by atoms with Gasteiger partial charge in [-0.25, -0.2) is 4.85 Å². The minimum atomic E-state index is -0.0191. The minimum Gasteiger partial charge on any atom is -0.381 e. The van der Waals surface area contributed by atoms with Crippen molar-refractivity contribution in [3.8, 4) is 17.3 Å². The lowest BCUT2D eigenvalue weighted by atomic mass is 9.62. The first-order valence-electron chi connectivity index (χ1n) is 9.80. The molecule has 1 saturated carbocycles. The van der Waals surface area contributed by atoms with Gasteiger partial charge in [0.05, 0.1) is 18.4 Å². The Morgan fingerprint density at radius 1 is 1.14 bits per heavy atom. The largest absolute Gasteiger partial charge is 0.381 e. The Bertz CT molecular complexity index is 1000. The number of nitriles is 1. The molecule has 0 unspecified atom stereocenters. The molecule has 2 aromatic carbocycles. The van der Waals surface area contributed by atoms with Crippen LogP contribution in [-0.4, -0.2) is 18.9 Å². The van der Waals surface area contributed by atoms with Gasteiger partial charge < -0.3 is 4.74 Å². The summed E-state index contributed by atoms with van der Waals surface area (Å²) in [6.45, 7) is 7.26. The molecule has 2 aromatic rings. The highest BCUT2D eigenvalue weighted by Crippen LogP contribution is 2.47. The second-order valence-electron chi connectivity index (χ2n) is 7.81. The van der Waals surface area contributed by atoms with Crippen LogP contribution in [0.5, 0.6) is 0 Å². The number of methoxy groups -OCH3 is 1. The molecule has 0 aromatic heterocycles. The highest BCUT2D eigenvalue weighted by Gasteiger charge is 2.43. The molecule has 4 heteroatoms. The quantitative estimate of drug-likeness (QED) is 0.504. The first-order chi connectivity index (χ1) is 13.7. The number of nitrogens with zero attached hydrogens (tertiary/aromatic N) is 3. The van der Waals surface area contributed by atoms with Crippen molar-refractivity contribution in [3.05, 3.63) is 65.0 Å². The van der Waals surface area contributed by atoms with E-state index in [2.05, 4.69) is 34.2 Å². The number of hydrogen-bond acceptors (Lipinski definition) is 3. The third-order valence-electron chi connectivity index (χ3n) is 6.43. The van der Waals surface area contributed by atoms with Crippen molar-refractivity contribution in [2.45, 2.75) is 44.6 Å². The number of ether oxygens (including phenoxy) is 1. The Labute approximate surface area is 166 Å². The summed E-state index contributed by atoms with van der Waals surface area (Å²) in [6, 6.07) is 14.1. The SMILES string of the molecule is [C-]#[N+]c1cccc(-c2ccc3c(c2)C(=NC#N)C2(CC3)CCC(OC)CC2)c1. The maximum atomic E-state index is 9.42. The highest BCUT2D eigenvalue weighted by atomic mass is 16.5. The van der Waals surface area contributed by atoms with Gasteiger partial charge in [-0.05, 0) is 67.3 Å². The van der Waals surface area contributed by atoms with E-state index in [0.717, 1.165) is 60.9 Å². The van der Waals surface area contributed by atoms with Gasteiger partial charge in [-0.15, -0.1) is 0 Å². The predicted molar refractivity (Wildman–Crippen MR) is 110 cm³/mol. The zero-order chi connectivity index (χ0) is 19.6. The molecule has 4 nitrogen and oxygen atoms in total. The first-order valence-corrected chi connectivity index (χ1v) is 9.80. The van der Waals surface area contributed by atoms with Crippen molar-refractivity contribution < 1.29 is 4.74 Å². The Morgan fingerprint density at radius 2 is 1.93 bits per heavy atom. The molecule has 4 rings (SSSR count). The van der Waals surface area contributed by atoms with E-state index in [1.54, 1.807) is 7.11 Å². The number of rotatable bonds is 2. The monoisotopic (exact) mass is 369 g/mol. The lowest BCUT2D eigenvalue weighted by Crippen LogP contribution is -2.41. The van der Waals surface area contributed by atoms with Gasteiger partial charge in [-0.2, -0.15) is 10.3 Å². The van der Waals surface area contributed by atoms with Gasteiger partial charge in [0, 0.05) is 18.1 Å². The van der Waals surface area contributed by atoms with Gasteiger partial charge in [-0.1, -0.05) is 30.3 Å². The van der Waals surface area contributed by atoms with E-state index < -0.39 is 0 Å². The van der Waals surface area contributed by atoms with Crippen LogP contribution in [0.4, 0.5) is 5.69 Å². The number of fused-ring (bicyclic) bond motifs is 1. The van der Waals surface area contributed by atoms with Crippen LogP contribution in [0.25, 0.3) is 16.0 Å². The van der Waals surface area contributed by atoms with Crippen LogP contribution < -0.4 is 0 Å². The lowest BCUT2D eigenvalue weighted by Gasteiger charge is -2.43. The van der Waals surface area contributed by atoms with Crippen molar-refractivity contribution in [1.29, 1.82) is 5.26 Å². The van der Waals surface area contributed by atoms with Crippen LogP contribution >= 0.6 is 0 Å². The summed E-state index contributed by atoms with van der Waals surface area (Å²) in [6.07, 6.45) is 8.51. The summed E-state index contributed by atoms with van der Waals surface area (Å²) in [5.74, 6) is 0. The van der Waals surface area contributed by atoms with Crippen LogP contribution in [0.3, 0.4) is 0 Å². The molecule has 0 N–H and O–H groups in total. The molecule has 2 aliphatic carbocycles. The van der Waals surface area contributed by atoms with Gasteiger partial charge in [0.25, 0.3) is 0 Å². The van der Waals surface area contributed by atoms with E-state index in [1.807, 2.05) is 24.3 Å². The van der Waals surface area contributed by atoms with E-state index in [4.69, 9.17) is 11.3 Å². The van der Waals surface area contributed by atoms with Crippen LogP contribution in [0.1, 0.15) is 43.2 Å². The molecule has 140 valence electrons. The van der Waals surface area contributed by atoms with E-state index in [9.17, 15) is 5.26 Å². The fraction of sp³-hybridized carbons (Fsp3) is 0.375. The molecule has 0 atom stereocenters. The average Bonchev–Trinajstić information content (AvgIpc) is 2.76. The fourth-order valence-electron chi connectivity index (χ4n) is 4.82. The van der Waals surface area contributed by atoms with Gasteiger partial charge in [0.15, 0.2) is 5.69 Å². The second kappa shape index (κ2) is 7.58. The van der Waals surface area contributed by atoms with E-state index in [1.165, 1.54) is 5.56 Å². The molecular weight excluding hydrogens is 346 g/mol. The number of hydrogen-bond donors (Lipinski definition) is 0. The number of aryl methyl sites for hydroxylation is 1. The summed E-state index contributed by atoms with van der Waals surface area (Å²) in [4.78, 5) is 7.90. The van der Waals surface area contributed by atoms with Gasteiger partial charge in [0.1, 0.15) is 0 Å². The Balaban J connectivity index is 1.76. The zero-order valence-electron chi connectivity index (χ0n) is 16.1. The normalized spacial score (nSPS) is 25.1. The van der Waals surface area contributed by atoms with Crippen molar-refractivity contribution >= 4 is 11.4 Å². The van der Waals surface area contributed by atoms with Crippen molar-refractivity contribution in [3.63, 3.8) is 0 Å². The lowest BCUT2D eigenvalue weighted by molar-refractivity contribution is 0.0433. The van der Waals surface area contributed by atoms with Gasteiger partial charge >= 0.3 is 0 Å². The molecular formula is C24H23N3O. The van der Waals surface area contributed by atoms with Crippen molar-refractivity contribution in [2.75, 3.05) is 7.11 Å². The second-order valence-corrected chi connectivity index (χ2v) is 7.81.